The van der Waals surface area contributed by atoms with E-state index in [2.05, 4.69) is 96.3 Å². The molecule has 2 atom stereocenters. The van der Waals surface area contributed by atoms with Crippen LogP contribution in [0.15, 0.2) is 91.0 Å². The minimum atomic E-state index is -0.370. The lowest BCUT2D eigenvalue weighted by Gasteiger charge is -2.42. The van der Waals surface area contributed by atoms with Crippen LogP contribution < -0.4 is 11.1 Å². The van der Waals surface area contributed by atoms with Crippen molar-refractivity contribution in [2.45, 2.75) is 37.3 Å². The standard InChI is InChI=1S/C26H30N2/c27-20-21-11-10-18-25(19-21)28-26(22-12-4-1-5-13-22,23-14-6-2-7-15-23)24-16-8-3-9-17-24/h1-9,12-17,21,25,28H,10-11,18-20,27H2. The number of hydrogen-bond acceptors (Lipinski definition) is 2. The van der Waals surface area contributed by atoms with Crippen molar-refractivity contribution in [1.82, 2.24) is 5.32 Å². The van der Waals surface area contributed by atoms with Gasteiger partial charge in [0, 0.05) is 6.04 Å². The van der Waals surface area contributed by atoms with E-state index in [1.165, 1.54) is 36.0 Å². The summed E-state index contributed by atoms with van der Waals surface area (Å²) in [6.07, 6.45) is 4.84. The van der Waals surface area contributed by atoms with Crippen LogP contribution in [0.1, 0.15) is 42.4 Å². The van der Waals surface area contributed by atoms with E-state index in [-0.39, 0.29) is 5.54 Å². The average Bonchev–Trinajstić information content (AvgIpc) is 2.79. The highest BCUT2D eigenvalue weighted by Gasteiger charge is 2.38. The second-order valence-corrected chi connectivity index (χ2v) is 7.96. The highest BCUT2D eigenvalue weighted by atomic mass is 15.0. The first-order valence-corrected chi connectivity index (χ1v) is 10.5. The van der Waals surface area contributed by atoms with E-state index in [0.29, 0.717) is 12.0 Å². The molecule has 2 unspecified atom stereocenters. The summed E-state index contributed by atoms with van der Waals surface area (Å²) in [5, 5.41) is 4.13. The SMILES string of the molecule is NCC1CCCC(NC(c2ccccc2)(c2ccccc2)c2ccccc2)C1. The molecule has 144 valence electrons. The molecule has 1 aliphatic rings. The second kappa shape index (κ2) is 8.72. The second-order valence-electron chi connectivity index (χ2n) is 7.96. The predicted molar refractivity (Wildman–Crippen MR) is 117 cm³/mol. The van der Waals surface area contributed by atoms with Gasteiger partial charge in [-0.1, -0.05) is 97.4 Å². The Balaban J connectivity index is 1.86. The van der Waals surface area contributed by atoms with E-state index < -0.39 is 0 Å². The van der Waals surface area contributed by atoms with Gasteiger partial charge in [-0.15, -0.1) is 0 Å². The van der Waals surface area contributed by atoms with E-state index in [0.717, 1.165) is 13.0 Å². The van der Waals surface area contributed by atoms with Crippen LogP contribution in [0.5, 0.6) is 0 Å². The van der Waals surface area contributed by atoms with Crippen molar-refractivity contribution in [2.24, 2.45) is 11.7 Å². The molecule has 3 N–H and O–H groups in total. The molecule has 0 spiro atoms. The maximum Gasteiger partial charge on any atom is 0.0950 e. The van der Waals surface area contributed by atoms with Gasteiger partial charge in [0.05, 0.1) is 5.54 Å². The van der Waals surface area contributed by atoms with E-state index in [1.54, 1.807) is 0 Å². The van der Waals surface area contributed by atoms with Gasteiger partial charge < -0.3 is 5.73 Å². The molecule has 28 heavy (non-hydrogen) atoms. The molecule has 1 saturated carbocycles. The van der Waals surface area contributed by atoms with Crippen LogP contribution in [0.2, 0.25) is 0 Å². The summed E-state index contributed by atoms with van der Waals surface area (Å²) < 4.78 is 0. The van der Waals surface area contributed by atoms with Crippen LogP contribution in [-0.2, 0) is 5.54 Å². The summed E-state index contributed by atoms with van der Waals surface area (Å²) in [5.74, 6) is 0.617. The van der Waals surface area contributed by atoms with Crippen LogP contribution in [0.25, 0.3) is 0 Å². The number of nitrogens with two attached hydrogens (primary N) is 1. The average molecular weight is 371 g/mol. The normalized spacial score (nSPS) is 20.0. The lowest BCUT2D eigenvalue weighted by molar-refractivity contribution is 0.256. The number of rotatable bonds is 6. The van der Waals surface area contributed by atoms with Crippen LogP contribution in [0.3, 0.4) is 0 Å². The molecule has 0 heterocycles. The molecule has 2 heteroatoms. The molecule has 3 aromatic rings. The third kappa shape index (κ3) is 3.76. The highest BCUT2D eigenvalue weighted by Crippen LogP contribution is 2.39. The summed E-state index contributed by atoms with van der Waals surface area (Å²) >= 11 is 0. The molecule has 0 bridgehead atoms. The van der Waals surface area contributed by atoms with E-state index in [1.807, 2.05) is 0 Å². The maximum absolute atomic E-state index is 6.03. The van der Waals surface area contributed by atoms with Crippen LogP contribution in [0.4, 0.5) is 0 Å². The first-order chi connectivity index (χ1) is 13.8. The third-order valence-corrected chi connectivity index (χ3v) is 6.16. The van der Waals surface area contributed by atoms with Gasteiger partial charge in [0.25, 0.3) is 0 Å². The fourth-order valence-corrected chi connectivity index (χ4v) is 4.76. The predicted octanol–water partition coefficient (Wildman–Crippen LogP) is 5.09. The molecule has 0 saturated heterocycles. The Morgan fingerprint density at radius 3 is 1.61 bits per heavy atom. The summed E-state index contributed by atoms with van der Waals surface area (Å²) in [6, 6.07) is 33.0. The van der Waals surface area contributed by atoms with E-state index >= 15 is 0 Å². The van der Waals surface area contributed by atoms with Crippen LogP contribution in [0, 0.1) is 5.92 Å². The zero-order valence-electron chi connectivity index (χ0n) is 16.4. The summed E-state index contributed by atoms with van der Waals surface area (Å²) in [6.45, 7) is 0.785. The molecule has 4 rings (SSSR count). The van der Waals surface area contributed by atoms with Crippen molar-refractivity contribution >= 4 is 0 Å². The van der Waals surface area contributed by atoms with Crippen molar-refractivity contribution in [3.63, 3.8) is 0 Å². The number of nitrogens with one attached hydrogen (secondary N) is 1. The van der Waals surface area contributed by atoms with Crippen molar-refractivity contribution in [3.05, 3.63) is 108 Å². The summed E-state index contributed by atoms with van der Waals surface area (Å²) in [4.78, 5) is 0. The first-order valence-electron chi connectivity index (χ1n) is 10.5. The van der Waals surface area contributed by atoms with Crippen molar-refractivity contribution in [1.29, 1.82) is 0 Å². The van der Waals surface area contributed by atoms with Gasteiger partial charge >= 0.3 is 0 Å². The fraction of sp³-hybridized carbons (Fsp3) is 0.308. The molecule has 0 aliphatic heterocycles. The van der Waals surface area contributed by atoms with Crippen molar-refractivity contribution < 1.29 is 0 Å². The van der Waals surface area contributed by atoms with Gasteiger partial charge in [0.15, 0.2) is 0 Å². The zero-order valence-corrected chi connectivity index (χ0v) is 16.4. The Kier molecular flexibility index (Phi) is 5.90. The minimum absolute atomic E-state index is 0.370. The van der Waals surface area contributed by atoms with Crippen LogP contribution in [-0.4, -0.2) is 12.6 Å². The molecule has 0 radical (unpaired) electrons. The molecule has 3 aromatic carbocycles. The molecule has 1 aliphatic carbocycles. The van der Waals surface area contributed by atoms with Gasteiger partial charge in [-0.05, 0) is 48.4 Å². The highest BCUT2D eigenvalue weighted by molar-refractivity contribution is 5.49. The summed E-state index contributed by atoms with van der Waals surface area (Å²) in [7, 11) is 0. The Morgan fingerprint density at radius 1 is 0.714 bits per heavy atom. The maximum atomic E-state index is 6.03. The largest absolute Gasteiger partial charge is 0.330 e. The van der Waals surface area contributed by atoms with E-state index in [4.69, 9.17) is 5.73 Å². The monoisotopic (exact) mass is 370 g/mol. The van der Waals surface area contributed by atoms with Crippen LogP contribution >= 0.6 is 0 Å². The molecular weight excluding hydrogens is 340 g/mol. The molecule has 1 fully saturated rings. The van der Waals surface area contributed by atoms with Gasteiger partial charge in [0.1, 0.15) is 0 Å². The zero-order chi connectivity index (χ0) is 19.2. The minimum Gasteiger partial charge on any atom is -0.330 e. The lowest BCUT2D eigenvalue weighted by atomic mass is 9.75. The number of hydrogen-bond donors (Lipinski definition) is 2. The fourth-order valence-electron chi connectivity index (χ4n) is 4.76. The van der Waals surface area contributed by atoms with Gasteiger partial charge in [-0.3, -0.25) is 5.32 Å². The van der Waals surface area contributed by atoms with Crippen molar-refractivity contribution in [2.75, 3.05) is 6.54 Å². The summed E-state index contributed by atoms with van der Waals surface area (Å²) in [5.41, 5.74) is 9.50. The van der Waals surface area contributed by atoms with Gasteiger partial charge in [0.2, 0.25) is 0 Å². The Labute approximate surface area is 168 Å². The molecular formula is C26H30N2. The smallest absolute Gasteiger partial charge is 0.0950 e. The topological polar surface area (TPSA) is 38.0 Å². The lowest BCUT2D eigenvalue weighted by Crippen LogP contribution is -2.51. The Hall–Kier alpha value is -2.42. The Bertz CT molecular complexity index is 749. The quantitative estimate of drug-likeness (QED) is 0.594. The molecule has 0 amide bonds. The van der Waals surface area contributed by atoms with Gasteiger partial charge in [-0.2, -0.15) is 0 Å². The molecule has 2 nitrogen and oxygen atoms in total. The van der Waals surface area contributed by atoms with Gasteiger partial charge in [-0.25, -0.2) is 0 Å². The van der Waals surface area contributed by atoms with Crippen molar-refractivity contribution in [3.8, 4) is 0 Å². The molecule has 0 aromatic heterocycles. The third-order valence-electron chi connectivity index (χ3n) is 6.16. The van der Waals surface area contributed by atoms with E-state index in [9.17, 15) is 0 Å². The number of benzene rings is 3. The Morgan fingerprint density at radius 2 is 1.18 bits per heavy atom. The first kappa shape index (κ1) is 18.9.